The first-order valence-electron chi connectivity index (χ1n) is 9.86. The minimum absolute atomic E-state index is 0.124. The first-order valence-corrected chi connectivity index (χ1v) is 16.2. The van der Waals surface area contributed by atoms with Crippen molar-refractivity contribution < 1.29 is 23.1 Å². The second kappa shape index (κ2) is 12.4. The SMILES string of the molecule is CC=C(C)C=C(COc1ccccc1)C(C)(C)C.C[SiH](C)[Ti][C]1=CC=CC1. The molecule has 1 aromatic rings. The van der Waals surface area contributed by atoms with E-state index in [0.717, 1.165) is 5.75 Å². The van der Waals surface area contributed by atoms with Crippen LogP contribution in [0.25, 0.3) is 0 Å². The molecule has 0 aliphatic heterocycles. The van der Waals surface area contributed by atoms with Gasteiger partial charge >= 0.3 is 66.7 Å². The van der Waals surface area contributed by atoms with Crippen molar-refractivity contribution in [3.63, 3.8) is 0 Å². The third-order valence-corrected chi connectivity index (χ3v) is 10.2. The van der Waals surface area contributed by atoms with Crippen LogP contribution in [0.3, 0.4) is 0 Å². The van der Waals surface area contributed by atoms with E-state index >= 15 is 0 Å². The second-order valence-electron chi connectivity index (χ2n) is 8.18. The zero-order valence-corrected chi connectivity index (χ0v) is 20.9. The van der Waals surface area contributed by atoms with Gasteiger partial charge in [-0.25, -0.2) is 0 Å². The van der Waals surface area contributed by atoms with Crippen LogP contribution in [-0.2, 0) is 18.4 Å². The van der Waals surface area contributed by atoms with E-state index in [1.54, 1.807) is 3.88 Å². The summed E-state index contributed by atoms with van der Waals surface area (Å²) in [5.74, 6) is 0.922. The van der Waals surface area contributed by atoms with Crippen LogP contribution < -0.4 is 4.74 Å². The van der Waals surface area contributed by atoms with Crippen LogP contribution in [0.4, 0.5) is 0 Å². The Morgan fingerprint density at radius 3 is 2.33 bits per heavy atom. The molecule has 27 heavy (non-hydrogen) atoms. The van der Waals surface area contributed by atoms with Gasteiger partial charge in [0.05, 0.1) is 0 Å². The molecule has 1 nitrogen and oxygen atoms in total. The monoisotopic (exact) mass is 416 g/mol. The molecule has 0 bridgehead atoms. The van der Waals surface area contributed by atoms with Crippen molar-refractivity contribution in [1.29, 1.82) is 0 Å². The standard InChI is InChI=1S/C17H24O.C5H5.C2H7Si.Ti/c1-6-14(2)12-15(17(3,4)5)13-18-16-10-8-7-9-11-16;1-2-4-5-3-1;1-3-2;/h6-12H,13H2,1-5H3;1-3H,4H2;3H,1-2H3;. The summed E-state index contributed by atoms with van der Waals surface area (Å²) in [4.78, 5) is 0. The van der Waals surface area contributed by atoms with E-state index in [2.05, 4.69) is 78.1 Å². The van der Waals surface area contributed by atoms with Crippen LogP contribution in [0.2, 0.25) is 13.1 Å². The van der Waals surface area contributed by atoms with Crippen molar-refractivity contribution in [1.82, 2.24) is 0 Å². The quantitative estimate of drug-likeness (QED) is 0.362. The zero-order valence-electron chi connectivity index (χ0n) is 18.2. The maximum atomic E-state index is 5.84. The molecular weight excluding hydrogens is 380 g/mol. The van der Waals surface area contributed by atoms with Crippen molar-refractivity contribution in [2.45, 2.75) is 54.1 Å². The van der Waals surface area contributed by atoms with Crippen LogP contribution >= 0.6 is 0 Å². The van der Waals surface area contributed by atoms with Crippen LogP contribution in [-0.4, -0.2) is 13.3 Å². The summed E-state index contributed by atoms with van der Waals surface area (Å²) < 4.78 is 7.62. The van der Waals surface area contributed by atoms with E-state index in [-0.39, 0.29) is 12.1 Å². The summed E-state index contributed by atoms with van der Waals surface area (Å²) in [5, 5.41) is 0. The molecule has 0 unspecified atom stereocenters. The Hall–Kier alpha value is -1.09. The molecule has 0 radical (unpaired) electrons. The molecule has 0 saturated carbocycles. The summed E-state index contributed by atoms with van der Waals surface area (Å²) in [6.07, 6.45) is 12.4. The summed E-state index contributed by atoms with van der Waals surface area (Å²) in [7, 11) is 0. The Morgan fingerprint density at radius 1 is 1.19 bits per heavy atom. The van der Waals surface area contributed by atoms with Crippen molar-refractivity contribution in [3.8, 4) is 5.75 Å². The van der Waals surface area contributed by atoms with Crippen molar-refractivity contribution in [3.05, 3.63) is 75.7 Å². The van der Waals surface area contributed by atoms with Crippen molar-refractivity contribution in [2.75, 3.05) is 6.61 Å². The molecule has 1 aromatic carbocycles. The van der Waals surface area contributed by atoms with Gasteiger partial charge in [-0.05, 0) is 37.0 Å². The molecule has 0 aromatic heterocycles. The van der Waals surface area contributed by atoms with E-state index in [0.29, 0.717) is 25.0 Å². The molecule has 0 N–H and O–H groups in total. The minimum atomic E-state index is -0.207. The number of hydrogen-bond donors (Lipinski definition) is 0. The van der Waals surface area contributed by atoms with Gasteiger partial charge in [0.1, 0.15) is 12.4 Å². The fourth-order valence-electron chi connectivity index (χ4n) is 2.44. The first-order chi connectivity index (χ1) is 12.7. The summed E-state index contributed by atoms with van der Waals surface area (Å²) in [6, 6.07) is 9.96. The predicted molar refractivity (Wildman–Crippen MR) is 120 cm³/mol. The van der Waals surface area contributed by atoms with E-state index in [9.17, 15) is 0 Å². The molecule has 0 heterocycles. The number of para-hydroxylation sites is 1. The average Bonchev–Trinajstić information content (AvgIpc) is 3.11. The molecule has 0 saturated heterocycles. The summed E-state index contributed by atoms with van der Waals surface area (Å²) in [6.45, 7) is 16.2. The fraction of sp³-hybridized carbons (Fsp3) is 0.417. The van der Waals surface area contributed by atoms with Crippen LogP contribution in [0.5, 0.6) is 5.75 Å². The molecule has 0 atom stereocenters. The van der Waals surface area contributed by atoms with E-state index in [1.165, 1.54) is 17.6 Å². The van der Waals surface area contributed by atoms with E-state index in [1.807, 2.05) is 30.3 Å². The normalized spacial score (nSPS) is 14.6. The Bertz CT molecular complexity index is 676. The van der Waals surface area contributed by atoms with Gasteiger partial charge in [-0.1, -0.05) is 56.7 Å². The predicted octanol–water partition coefficient (Wildman–Crippen LogP) is 6.90. The molecule has 0 fully saturated rings. The number of rotatable bonds is 6. The number of hydrogen-bond acceptors (Lipinski definition) is 1. The van der Waals surface area contributed by atoms with Crippen LogP contribution in [0.15, 0.2) is 75.7 Å². The number of benzene rings is 1. The van der Waals surface area contributed by atoms with Gasteiger partial charge in [0.25, 0.3) is 0 Å². The Kier molecular flexibility index (Phi) is 11.0. The van der Waals surface area contributed by atoms with E-state index in [4.69, 9.17) is 4.74 Å². The maximum absolute atomic E-state index is 5.84. The Labute approximate surface area is 177 Å². The van der Waals surface area contributed by atoms with Gasteiger partial charge in [0.15, 0.2) is 0 Å². The third kappa shape index (κ3) is 10.7. The summed E-state index contributed by atoms with van der Waals surface area (Å²) in [5.41, 5.74) is 2.71. The van der Waals surface area contributed by atoms with Gasteiger partial charge in [0, 0.05) is 0 Å². The molecular formula is C24H36OSiTi. The number of ether oxygens (including phenoxy) is 1. The van der Waals surface area contributed by atoms with Gasteiger partial charge in [-0.3, -0.25) is 0 Å². The van der Waals surface area contributed by atoms with Crippen molar-refractivity contribution >= 4 is 6.66 Å². The molecule has 3 heteroatoms. The third-order valence-electron chi connectivity index (χ3n) is 4.20. The van der Waals surface area contributed by atoms with Crippen molar-refractivity contribution in [2.24, 2.45) is 5.41 Å². The molecule has 1 aliphatic carbocycles. The Morgan fingerprint density at radius 2 is 1.85 bits per heavy atom. The average molecular weight is 417 g/mol. The molecule has 0 spiro atoms. The van der Waals surface area contributed by atoms with Gasteiger partial charge in [0.2, 0.25) is 0 Å². The number of allylic oxidation sites excluding steroid dienone is 7. The van der Waals surface area contributed by atoms with Gasteiger partial charge in [-0.2, -0.15) is 0 Å². The molecule has 2 rings (SSSR count). The second-order valence-corrected chi connectivity index (χ2v) is 18.5. The first kappa shape index (κ1) is 23.9. The molecule has 146 valence electrons. The topological polar surface area (TPSA) is 9.23 Å². The van der Waals surface area contributed by atoms with E-state index < -0.39 is 0 Å². The van der Waals surface area contributed by atoms with Crippen LogP contribution in [0.1, 0.15) is 41.0 Å². The van der Waals surface area contributed by atoms with Gasteiger partial charge in [-0.15, -0.1) is 0 Å². The fourth-order valence-corrected chi connectivity index (χ4v) is 8.20. The zero-order chi connectivity index (χ0) is 20.3. The summed E-state index contributed by atoms with van der Waals surface area (Å²) >= 11 is 0.375. The Balaban J connectivity index is 0.000000337. The van der Waals surface area contributed by atoms with Gasteiger partial charge < -0.3 is 4.74 Å². The van der Waals surface area contributed by atoms with Crippen LogP contribution in [0, 0.1) is 5.41 Å². The molecule has 0 amide bonds. The molecule has 1 aliphatic rings.